The number of halogens is 1. The lowest BCUT2D eigenvalue weighted by Gasteiger charge is -2.34. The molecule has 26 heavy (non-hydrogen) atoms. The second kappa shape index (κ2) is 9.15. The van der Waals surface area contributed by atoms with E-state index in [2.05, 4.69) is 5.32 Å². The monoisotopic (exact) mass is 360 g/mol. The molecule has 1 aliphatic carbocycles. The van der Waals surface area contributed by atoms with Crippen molar-refractivity contribution >= 4 is 11.8 Å². The number of benzene rings is 1. The van der Waals surface area contributed by atoms with Crippen molar-refractivity contribution in [3.8, 4) is 0 Å². The number of piperidine rings is 1. The average Bonchev–Trinajstić information content (AvgIpc) is 2.67. The standard InChI is InChI=1S/C21H29FN2O2/c22-19-10-8-18(9-11-19)21(26)23-14-17-7-4-12-24(15-17)20(25)13-16-5-2-1-3-6-16/h8-11,16-17H,1-7,12-15H2,(H,23,26)/t17-/m1/s1. The van der Waals surface area contributed by atoms with Crippen LogP contribution in [0.3, 0.4) is 0 Å². The maximum absolute atomic E-state index is 12.9. The smallest absolute Gasteiger partial charge is 0.251 e. The van der Waals surface area contributed by atoms with Crippen LogP contribution in [-0.2, 0) is 4.79 Å². The molecule has 1 aliphatic heterocycles. The van der Waals surface area contributed by atoms with Gasteiger partial charge in [0.25, 0.3) is 5.91 Å². The molecule has 0 unspecified atom stereocenters. The maximum atomic E-state index is 12.9. The van der Waals surface area contributed by atoms with Gasteiger partial charge >= 0.3 is 0 Å². The number of nitrogens with zero attached hydrogens (tertiary/aromatic N) is 1. The van der Waals surface area contributed by atoms with E-state index in [1.54, 1.807) is 0 Å². The van der Waals surface area contributed by atoms with E-state index in [0.29, 0.717) is 30.4 Å². The molecule has 1 aromatic rings. The number of hydrogen-bond acceptors (Lipinski definition) is 2. The molecule has 2 amide bonds. The predicted molar refractivity (Wildman–Crippen MR) is 99.2 cm³/mol. The van der Waals surface area contributed by atoms with Crippen molar-refractivity contribution in [2.75, 3.05) is 19.6 Å². The summed E-state index contributed by atoms with van der Waals surface area (Å²) >= 11 is 0. The van der Waals surface area contributed by atoms with Crippen LogP contribution < -0.4 is 5.32 Å². The SMILES string of the molecule is O=C(NC[C@H]1CCCN(C(=O)CC2CCCCC2)C1)c1ccc(F)cc1. The first kappa shape index (κ1) is 18.9. The van der Waals surface area contributed by atoms with Crippen LogP contribution in [0.15, 0.2) is 24.3 Å². The summed E-state index contributed by atoms with van der Waals surface area (Å²) in [4.78, 5) is 26.8. The molecule has 1 saturated heterocycles. The average molecular weight is 360 g/mol. The van der Waals surface area contributed by atoms with Gasteiger partial charge < -0.3 is 10.2 Å². The Balaban J connectivity index is 1.44. The lowest BCUT2D eigenvalue weighted by Crippen LogP contribution is -2.44. The Morgan fingerprint density at radius 1 is 1.00 bits per heavy atom. The second-order valence-corrected chi connectivity index (χ2v) is 7.77. The van der Waals surface area contributed by atoms with Crippen molar-refractivity contribution in [3.63, 3.8) is 0 Å². The zero-order valence-electron chi connectivity index (χ0n) is 15.4. The van der Waals surface area contributed by atoms with Crippen molar-refractivity contribution in [1.29, 1.82) is 0 Å². The van der Waals surface area contributed by atoms with Gasteiger partial charge in [-0.1, -0.05) is 19.3 Å². The molecule has 1 aromatic carbocycles. The number of amides is 2. The Morgan fingerprint density at radius 3 is 2.42 bits per heavy atom. The Labute approximate surface area is 155 Å². The Morgan fingerprint density at radius 2 is 1.69 bits per heavy atom. The largest absolute Gasteiger partial charge is 0.352 e. The fourth-order valence-corrected chi connectivity index (χ4v) is 4.17. The van der Waals surface area contributed by atoms with Crippen LogP contribution in [0.4, 0.5) is 4.39 Å². The Hall–Kier alpha value is -1.91. The first-order valence-electron chi connectivity index (χ1n) is 9.93. The molecule has 0 aromatic heterocycles. The molecular formula is C21H29FN2O2. The first-order valence-corrected chi connectivity index (χ1v) is 9.93. The van der Waals surface area contributed by atoms with E-state index in [9.17, 15) is 14.0 Å². The van der Waals surface area contributed by atoms with Gasteiger partial charge in [0.2, 0.25) is 5.91 Å². The van der Waals surface area contributed by atoms with Gasteiger partial charge in [0.15, 0.2) is 0 Å². The van der Waals surface area contributed by atoms with E-state index in [4.69, 9.17) is 0 Å². The topological polar surface area (TPSA) is 49.4 Å². The highest BCUT2D eigenvalue weighted by atomic mass is 19.1. The highest BCUT2D eigenvalue weighted by Gasteiger charge is 2.26. The molecule has 142 valence electrons. The van der Waals surface area contributed by atoms with Gasteiger partial charge in [0.05, 0.1) is 0 Å². The minimum atomic E-state index is -0.346. The van der Waals surface area contributed by atoms with Crippen LogP contribution in [0.5, 0.6) is 0 Å². The lowest BCUT2D eigenvalue weighted by molar-refractivity contribution is -0.134. The van der Waals surface area contributed by atoms with Crippen molar-refractivity contribution in [2.45, 2.75) is 51.4 Å². The van der Waals surface area contributed by atoms with Crippen molar-refractivity contribution in [3.05, 3.63) is 35.6 Å². The van der Waals surface area contributed by atoms with Crippen LogP contribution in [0.2, 0.25) is 0 Å². The van der Waals surface area contributed by atoms with E-state index >= 15 is 0 Å². The third kappa shape index (κ3) is 5.29. The maximum Gasteiger partial charge on any atom is 0.251 e. The number of rotatable bonds is 5. The quantitative estimate of drug-likeness (QED) is 0.869. The van der Waals surface area contributed by atoms with Gasteiger partial charge in [-0.05, 0) is 61.8 Å². The number of hydrogen-bond donors (Lipinski definition) is 1. The van der Waals surface area contributed by atoms with Crippen molar-refractivity contribution < 1.29 is 14.0 Å². The molecule has 1 atom stereocenters. The van der Waals surface area contributed by atoms with Crippen LogP contribution in [0.1, 0.15) is 61.7 Å². The first-order chi connectivity index (χ1) is 12.6. The van der Waals surface area contributed by atoms with Crippen LogP contribution in [-0.4, -0.2) is 36.3 Å². The summed E-state index contributed by atoms with van der Waals surface area (Å²) in [6.07, 6.45) is 8.92. The van der Waals surface area contributed by atoms with Crippen molar-refractivity contribution in [1.82, 2.24) is 10.2 Å². The van der Waals surface area contributed by atoms with Gasteiger partial charge in [0.1, 0.15) is 5.82 Å². The minimum Gasteiger partial charge on any atom is -0.352 e. The normalized spacial score (nSPS) is 21.4. The summed E-state index contributed by atoms with van der Waals surface area (Å²) in [5.74, 6) is 0.612. The highest BCUT2D eigenvalue weighted by molar-refractivity contribution is 5.94. The third-order valence-corrected chi connectivity index (χ3v) is 5.72. The molecule has 3 rings (SSSR count). The zero-order valence-corrected chi connectivity index (χ0v) is 15.4. The number of carbonyl (C=O) groups excluding carboxylic acids is 2. The van der Waals surface area contributed by atoms with Gasteiger partial charge in [-0.25, -0.2) is 4.39 Å². The summed E-state index contributed by atoms with van der Waals surface area (Å²) in [6, 6.07) is 5.57. The molecular weight excluding hydrogens is 331 g/mol. The highest BCUT2D eigenvalue weighted by Crippen LogP contribution is 2.27. The fraction of sp³-hybridized carbons (Fsp3) is 0.619. The Kier molecular flexibility index (Phi) is 6.64. The molecule has 1 N–H and O–H groups in total. The van der Waals surface area contributed by atoms with E-state index in [1.807, 2.05) is 4.90 Å². The summed E-state index contributed by atoms with van der Waals surface area (Å²) in [7, 11) is 0. The van der Waals surface area contributed by atoms with Crippen molar-refractivity contribution in [2.24, 2.45) is 11.8 Å². The van der Waals surface area contributed by atoms with E-state index in [-0.39, 0.29) is 17.6 Å². The molecule has 4 nitrogen and oxygen atoms in total. The van der Waals surface area contributed by atoms with Gasteiger partial charge in [-0.3, -0.25) is 9.59 Å². The summed E-state index contributed by atoms with van der Waals surface area (Å²) < 4.78 is 12.9. The Bertz CT molecular complexity index is 611. The third-order valence-electron chi connectivity index (χ3n) is 5.72. The summed E-state index contributed by atoms with van der Waals surface area (Å²) in [5, 5.41) is 2.93. The summed E-state index contributed by atoms with van der Waals surface area (Å²) in [6.45, 7) is 2.13. The minimum absolute atomic E-state index is 0.185. The predicted octanol–water partition coefficient (Wildman–Crippen LogP) is 3.76. The van der Waals surface area contributed by atoms with E-state index < -0.39 is 0 Å². The van der Waals surface area contributed by atoms with Crippen LogP contribution >= 0.6 is 0 Å². The van der Waals surface area contributed by atoms with Gasteiger partial charge in [0, 0.05) is 31.6 Å². The second-order valence-electron chi connectivity index (χ2n) is 7.77. The number of likely N-dealkylation sites (tertiary alicyclic amines) is 1. The zero-order chi connectivity index (χ0) is 18.4. The molecule has 2 aliphatic rings. The van der Waals surface area contributed by atoms with Crippen LogP contribution in [0, 0.1) is 17.7 Å². The molecule has 5 heteroatoms. The molecule has 0 spiro atoms. The molecule has 1 saturated carbocycles. The molecule has 0 bridgehead atoms. The molecule has 2 fully saturated rings. The van der Waals surface area contributed by atoms with Gasteiger partial charge in [-0.2, -0.15) is 0 Å². The molecule has 1 heterocycles. The van der Waals surface area contributed by atoms with Crippen LogP contribution in [0.25, 0.3) is 0 Å². The number of carbonyl (C=O) groups is 2. The van der Waals surface area contributed by atoms with E-state index in [1.165, 1.54) is 56.4 Å². The fourth-order valence-electron chi connectivity index (χ4n) is 4.17. The lowest BCUT2D eigenvalue weighted by atomic mass is 9.86. The van der Waals surface area contributed by atoms with E-state index in [0.717, 1.165) is 25.9 Å². The molecule has 0 radical (unpaired) electrons. The summed E-state index contributed by atoms with van der Waals surface area (Å²) in [5.41, 5.74) is 0.465. The van der Waals surface area contributed by atoms with Gasteiger partial charge in [-0.15, -0.1) is 0 Å². The number of nitrogens with one attached hydrogen (secondary N) is 1.